The van der Waals surface area contributed by atoms with Crippen LogP contribution < -0.4 is 11.1 Å². The smallest absolute Gasteiger partial charge is 0.350 e. The maximum absolute atomic E-state index is 11.7. The Morgan fingerprint density at radius 3 is 2.18 bits per heavy atom. The van der Waals surface area contributed by atoms with Crippen LogP contribution in [0.4, 0.5) is 4.79 Å². The molecule has 1 amide bonds. The Hall–Kier alpha value is -0.810. The van der Waals surface area contributed by atoms with Crippen LogP contribution in [0.5, 0.6) is 0 Å². The number of rotatable bonds is 1. The number of piperidine rings is 1. The van der Waals surface area contributed by atoms with Gasteiger partial charge in [-0.3, -0.25) is 0 Å². The van der Waals surface area contributed by atoms with Gasteiger partial charge in [0.15, 0.2) is 0 Å². The SMILES string of the molecule is CC1CC(N)CC(C)N1OC(=O)NC(C)(C)C. The maximum Gasteiger partial charge on any atom is 0.426 e. The van der Waals surface area contributed by atoms with Crippen LogP contribution >= 0.6 is 0 Å². The minimum absolute atomic E-state index is 0.166. The second-order valence-electron chi connectivity index (χ2n) is 6.04. The third kappa shape index (κ3) is 4.52. The zero-order valence-corrected chi connectivity index (χ0v) is 11.5. The molecule has 5 heteroatoms. The van der Waals surface area contributed by atoms with Crippen molar-refractivity contribution in [2.75, 3.05) is 0 Å². The first-order chi connectivity index (χ1) is 7.69. The molecule has 17 heavy (non-hydrogen) atoms. The number of nitrogens with two attached hydrogens (primary N) is 1. The van der Waals surface area contributed by atoms with Gasteiger partial charge in [-0.2, -0.15) is 0 Å². The Morgan fingerprint density at radius 1 is 1.29 bits per heavy atom. The number of hydroxylamine groups is 2. The van der Waals surface area contributed by atoms with Gasteiger partial charge >= 0.3 is 6.09 Å². The normalized spacial score (nSPS) is 31.1. The number of hydrogen-bond donors (Lipinski definition) is 2. The van der Waals surface area contributed by atoms with Crippen molar-refractivity contribution < 1.29 is 9.63 Å². The molecule has 0 aromatic carbocycles. The Balaban J connectivity index is 2.53. The summed E-state index contributed by atoms with van der Waals surface area (Å²) >= 11 is 0. The fourth-order valence-corrected chi connectivity index (χ4v) is 2.22. The highest BCUT2D eigenvalue weighted by molar-refractivity contribution is 5.67. The van der Waals surface area contributed by atoms with E-state index < -0.39 is 6.09 Å². The van der Waals surface area contributed by atoms with Crippen LogP contribution in [0, 0.1) is 0 Å². The standard InChI is InChI=1S/C12H25N3O2/c1-8-6-10(13)7-9(2)15(8)17-11(16)14-12(3,4)5/h8-10H,6-7,13H2,1-5H3,(H,14,16). The number of nitrogens with zero attached hydrogens (tertiary/aromatic N) is 1. The van der Waals surface area contributed by atoms with Crippen molar-refractivity contribution in [3.63, 3.8) is 0 Å². The number of amides is 1. The van der Waals surface area contributed by atoms with Crippen molar-refractivity contribution in [3.05, 3.63) is 0 Å². The van der Waals surface area contributed by atoms with E-state index in [2.05, 4.69) is 5.32 Å². The highest BCUT2D eigenvalue weighted by Crippen LogP contribution is 2.22. The van der Waals surface area contributed by atoms with Crippen molar-refractivity contribution in [3.8, 4) is 0 Å². The predicted octanol–water partition coefficient (Wildman–Crippen LogP) is 1.63. The first kappa shape index (κ1) is 14.3. The molecule has 1 rings (SSSR count). The van der Waals surface area contributed by atoms with Crippen molar-refractivity contribution in [2.24, 2.45) is 5.73 Å². The molecule has 0 spiro atoms. The van der Waals surface area contributed by atoms with Crippen LogP contribution in [-0.2, 0) is 4.84 Å². The highest BCUT2D eigenvalue weighted by atomic mass is 16.7. The Kier molecular flexibility index (Phi) is 4.38. The summed E-state index contributed by atoms with van der Waals surface area (Å²) in [6.07, 6.45) is 1.31. The third-order valence-electron chi connectivity index (χ3n) is 2.82. The van der Waals surface area contributed by atoms with E-state index in [4.69, 9.17) is 10.6 Å². The molecule has 5 nitrogen and oxygen atoms in total. The summed E-state index contributed by atoms with van der Waals surface area (Å²) in [5.74, 6) is 0. The average Bonchev–Trinajstić information content (AvgIpc) is 2.08. The largest absolute Gasteiger partial charge is 0.426 e. The molecule has 1 aliphatic heterocycles. The Bertz CT molecular complexity index is 263. The fourth-order valence-electron chi connectivity index (χ4n) is 2.22. The number of carbonyl (C=O) groups is 1. The summed E-state index contributed by atoms with van der Waals surface area (Å²) in [7, 11) is 0. The van der Waals surface area contributed by atoms with Gasteiger partial charge in [0.25, 0.3) is 0 Å². The van der Waals surface area contributed by atoms with Gasteiger partial charge in [0.05, 0.1) is 0 Å². The zero-order chi connectivity index (χ0) is 13.2. The van der Waals surface area contributed by atoms with E-state index in [0.717, 1.165) is 12.8 Å². The number of carbonyl (C=O) groups excluding carboxylic acids is 1. The minimum atomic E-state index is -0.397. The molecule has 100 valence electrons. The monoisotopic (exact) mass is 243 g/mol. The van der Waals surface area contributed by atoms with E-state index in [0.29, 0.717) is 0 Å². The quantitative estimate of drug-likeness (QED) is 0.734. The van der Waals surface area contributed by atoms with Crippen molar-refractivity contribution in [2.45, 2.75) is 71.1 Å². The van der Waals surface area contributed by atoms with E-state index in [-0.39, 0.29) is 23.7 Å². The Labute approximate surface area is 104 Å². The molecule has 0 saturated carbocycles. The molecule has 2 atom stereocenters. The van der Waals surface area contributed by atoms with Gasteiger partial charge in [0.2, 0.25) is 0 Å². The van der Waals surface area contributed by atoms with Gasteiger partial charge < -0.3 is 15.9 Å². The van der Waals surface area contributed by atoms with Gasteiger partial charge in [0, 0.05) is 23.7 Å². The first-order valence-corrected chi connectivity index (χ1v) is 6.23. The molecule has 2 unspecified atom stereocenters. The van der Waals surface area contributed by atoms with Crippen LogP contribution in [-0.4, -0.2) is 34.8 Å². The second kappa shape index (κ2) is 5.23. The van der Waals surface area contributed by atoms with E-state index in [1.165, 1.54) is 0 Å². The molecule has 0 aliphatic carbocycles. The second-order valence-corrected chi connectivity index (χ2v) is 6.04. The van der Waals surface area contributed by atoms with E-state index in [1.54, 1.807) is 5.06 Å². The van der Waals surface area contributed by atoms with E-state index >= 15 is 0 Å². The lowest BCUT2D eigenvalue weighted by atomic mass is 9.96. The maximum atomic E-state index is 11.7. The average molecular weight is 243 g/mol. The molecule has 0 bridgehead atoms. The summed E-state index contributed by atoms with van der Waals surface area (Å²) in [6, 6.07) is 0.532. The van der Waals surface area contributed by atoms with Crippen molar-refractivity contribution >= 4 is 6.09 Å². The summed E-state index contributed by atoms with van der Waals surface area (Å²) in [4.78, 5) is 17.1. The van der Waals surface area contributed by atoms with Gasteiger partial charge in [-0.15, -0.1) is 5.06 Å². The molecule has 0 aromatic rings. The van der Waals surface area contributed by atoms with Gasteiger partial charge in [-0.1, -0.05) is 0 Å². The zero-order valence-electron chi connectivity index (χ0n) is 11.5. The van der Waals surface area contributed by atoms with Gasteiger partial charge in [-0.25, -0.2) is 4.79 Å². The molecule has 0 radical (unpaired) electrons. The molecule has 1 saturated heterocycles. The van der Waals surface area contributed by atoms with Crippen LogP contribution in [0.1, 0.15) is 47.5 Å². The molecular weight excluding hydrogens is 218 g/mol. The van der Waals surface area contributed by atoms with E-state index in [1.807, 2.05) is 34.6 Å². The third-order valence-corrected chi connectivity index (χ3v) is 2.82. The van der Waals surface area contributed by atoms with Crippen molar-refractivity contribution in [1.82, 2.24) is 10.4 Å². The number of hydrogen-bond acceptors (Lipinski definition) is 4. The van der Waals surface area contributed by atoms with Crippen LogP contribution in [0.3, 0.4) is 0 Å². The summed E-state index contributed by atoms with van der Waals surface area (Å²) in [6.45, 7) is 9.83. The summed E-state index contributed by atoms with van der Waals surface area (Å²) < 4.78 is 0. The lowest BCUT2D eigenvalue weighted by molar-refractivity contribution is -0.172. The predicted molar refractivity (Wildman–Crippen MR) is 67.3 cm³/mol. The fraction of sp³-hybridized carbons (Fsp3) is 0.917. The Morgan fingerprint density at radius 2 is 1.76 bits per heavy atom. The topological polar surface area (TPSA) is 67.6 Å². The highest BCUT2D eigenvalue weighted by Gasteiger charge is 2.32. The molecular formula is C12H25N3O2. The van der Waals surface area contributed by atoms with E-state index in [9.17, 15) is 4.79 Å². The van der Waals surface area contributed by atoms with Crippen LogP contribution in [0.2, 0.25) is 0 Å². The summed E-state index contributed by atoms with van der Waals surface area (Å²) in [5.41, 5.74) is 5.65. The minimum Gasteiger partial charge on any atom is -0.350 e. The summed E-state index contributed by atoms with van der Waals surface area (Å²) in [5, 5.41) is 4.54. The molecule has 1 aliphatic rings. The van der Waals surface area contributed by atoms with Gasteiger partial charge in [0.1, 0.15) is 0 Å². The van der Waals surface area contributed by atoms with Crippen molar-refractivity contribution in [1.29, 1.82) is 0 Å². The molecule has 3 N–H and O–H groups in total. The van der Waals surface area contributed by atoms with Crippen LogP contribution in [0.15, 0.2) is 0 Å². The lowest BCUT2D eigenvalue weighted by Gasteiger charge is -2.39. The number of nitrogens with one attached hydrogen (secondary N) is 1. The molecule has 1 fully saturated rings. The van der Waals surface area contributed by atoms with Gasteiger partial charge in [-0.05, 0) is 47.5 Å². The molecule has 0 aromatic heterocycles. The van der Waals surface area contributed by atoms with Crippen LogP contribution in [0.25, 0.3) is 0 Å². The lowest BCUT2D eigenvalue weighted by Crippen LogP contribution is -2.53. The first-order valence-electron chi connectivity index (χ1n) is 6.23. The molecule has 1 heterocycles.